The van der Waals surface area contributed by atoms with Crippen LogP contribution < -0.4 is 0 Å². The number of rotatable bonds is 1. The molecule has 0 radical (unpaired) electrons. The first-order valence-electron chi connectivity index (χ1n) is 7.36. The molecule has 2 unspecified atom stereocenters. The number of carbonyl (C=O) groups is 2. The summed E-state index contributed by atoms with van der Waals surface area (Å²) in [5.41, 5.74) is 2.00. The Hall–Kier alpha value is -2.95. The molecular weight excluding hydrogens is 292 g/mol. The molecule has 5 nitrogen and oxygen atoms in total. The van der Waals surface area contributed by atoms with Crippen LogP contribution in [0.5, 0.6) is 0 Å². The van der Waals surface area contributed by atoms with Gasteiger partial charge in [-0.1, -0.05) is 42.5 Å². The standard InChI is InChI=1S/C18H14N2O3/c1-23-18(22)14-10-20-16(12-7-3-2-6-11(12)14)19-15-9-5-4-8-13(15)17(20)21/h2-11,13H,1H3. The first kappa shape index (κ1) is 13.7. The lowest BCUT2D eigenvalue weighted by Crippen LogP contribution is -2.42. The fourth-order valence-electron chi connectivity index (χ4n) is 3.15. The van der Waals surface area contributed by atoms with E-state index >= 15 is 0 Å². The molecule has 2 atom stereocenters. The van der Waals surface area contributed by atoms with Gasteiger partial charge in [0.05, 0.1) is 24.3 Å². The highest BCUT2D eigenvalue weighted by Crippen LogP contribution is 2.39. The second-order valence-corrected chi connectivity index (χ2v) is 5.54. The number of allylic oxidation sites excluding steroid dienone is 8. The molecule has 1 amide bonds. The normalized spacial score (nSPS) is 27.2. The minimum Gasteiger partial charge on any atom is -0.466 e. The number of nitrogens with zero attached hydrogens (tertiary/aromatic N) is 2. The van der Waals surface area contributed by atoms with Gasteiger partial charge in [0.15, 0.2) is 0 Å². The average Bonchev–Trinajstić information content (AvgIpc) is 2.61. The number of hydrogen-bond donors (Lipinski definition) is 0. The monoisotopic (exact) mass is 306 g/mol. The lowest BCUT2D eigenvalue weighted by molar-refractivity contribution is -0.136. The van der Waals surface area contributed by atoms with Gasteiger partial charge in [-0.2, -0.15) is 0 Å². The number of amides is 1. The van der Waals surface area contributed by atoms with Crippen LogP contribution >= 0.6 is 0 Å². The van der Waals surface area contributed by atoms with E-state index in [-0.39, 0.29) is 11.8 Å². The molecule has 2 heterocycles. The second-order valence-electron chi connectivity index (χ2n) is 5.54. The van der Waals surface area contributed by atoms with Crippen molar-refractivity contribution in [3.8, 4) is 0 Å². The van der Waals surface area contributed by atoms with Crippen molar-refractivity contribution in [3.63, 3.8) is 0 Å². The number of hydrogen-bond acceptors (Lipinski definition) is 4. The zero-order valence-electron chi connectivity index (χ0n) is 12.5. The largest absolute Gasteiger partial charge is 0.466 e. The van der Waals surface area contributed by atoms with Crippen molar-refractivity contribution in [1.29, 1.82) is 0 Å². The van der Waals surface area contributed by atoms with Gasteiger partial charge in [0, 0.05) is 17.7 Å². The minimum absolute atomic E-state index is 0.110. The van der Waals surface area contributed by atoms with Crippen LogP contribution in [0.25, 0.3) is 0 Å². The van der Waals surface area contributed by atoms with E-state index in [2.05, 4.69) is 4.99 Å². The Labute approximate surface area is 133 Å². The van der Waals surface area contributed by atoms with Gasteiger partial charge in [0.25, 0.3) is 0 Å². The van der Waals surface area contributed by atoms with Gasteiger partial charge in [-0.25, -0.2) is 9.79 Å². The van der Waals surface area contributed by atoms with Gasteiger partial charge in [0.1, 0.15) is 5.82 Å². The van der Waals surface area contributed by atoms with Crippen LogP contribution in [0.3, 0.4) is 0 Å². The van der Waals surface area contributed by atoms with Gasteiger partial charge in [-0.3, -0.25) is 9.69 Å². The molecule has 0 fully saturated rings. The third kappa shape index (κ3) is 1.97. The van der Waals surface area contributed by atoms with Crippen molar-refractivity contribution in [3.05, 3.63) is 71.8 Å². The van der Waals surface area contributed by atoms with Gasteiger partial charge in [-0.15, -0.1) is 0 Å². The van der Waals surface area contributed by atoms with Crippen LogP contribution in [0.1, 0.15) is 0 Å². The van der Waals surface area contributed by atoms with Crippen molar-refractivity contribution in [1.82, 2.24) is 4.90 Å². The van der Waals surface area contributed by atoms with Crippen LogP contribution in [0.15, 0.2) is 76.8 Å². The molecule has 0 aromatic heterocycles. The van der Waals surface area contributed by atoms with Crippen molar-refractivity contribution < 1.29 is 14.3 Å². The average molecular weight is 306 g/mol. The van der Waals surface area contributed by atoms with E-state index in [1.807, 2.05) is 48.6 Å². The maximum atomic E-state index is 12.8. The van der Waals surface area contributed by atoms with E-state index < -0.39 is 11.9 Å². The summed E-state index contributed by atoms with van der Waals surface area (Å²) in [6, 6.07) is 0. The van der Waals surface area contributed by atoms with E-state index in [4.69, 9.17) is 4.74 Å². The van der Waals surface area contributed by atoms with Crippen molar-refractivity contribution >= 4 is 17.6 Å². The Kier molecular flexibility index (Phi) is 3.01. The van der Waals surface area contributed by atoms with Gasteiger partial charge in [0.2, 0.25) is 5.91 Å². The Morgan fingerprint density at radius 1 is 1.13 bits per heavy atom. The first-order chi connectivity index (χ1) is 11.2. The van der Waals surface area contributed by atoms with Crippen LogP contribution in [0.4, 0.5) is 0 Å². The molecule has 4 aliphatic rings. The summed E-state index contributed by atoms with van der Waals surface area (Å²) in [7, 11) is 1.34. The predicted octanol–water partition coefficient (Wildman–Crippen LogP) is 2.04. The van der Waals surface area contributed by atoms with Gasteiger partial charge >= 0.3 is 5.97 Å². The molecule has 0 spiro atoms. The van der Waals surface area contributed by atoms with E-state index in [0.717, 1.165) is 11.3 Å². The predicted molar refractivity (Wildman–Crippen MR) is 84.9 cm³/mol. The Morgan fingerprint density at radius 3 is 2.65 bits per heavy atom. The van der Waals surface area contributed by atoms with Gasteiger partial charge in [-0.05, 0) is 6.08 Å². The summed E-state index contributed by atoms with van der Waals surface area (Å²) < 4.78 is 4.87. The molecule has 0 saturated heterocycles. The maximum Gasteiger partial charge on any atom is 0.336 e. The molecule has 0 saturated carbocycles. The number of fused-ring (bicyclic) bond motifs is 3. The number of ether oxygens (including phenoxy) is 1. The van der Waals surface area contributed by atoms with Crippen molar-refractivity contribution in [2.75, 3.05) is 7.11 Å². The molecule has 4 rings (SSSR count). The van der Waals surface area contributed by atoms with Crippen LogP contribution in [0, 0.1) is 11.8 Å². The molecule has 2 aliphatic heterocycles. The smallest absolute Gasteiger partial charge is 0.336 e. The SMILES string of the molecule is COC(=O)C1=CN2C(=O)C3C=CC=CC3=NC2=C2C=CC=CC12. The highest BCUT2D eigenvalue weighted by atomic mass is 16.5. The summed E-state index contributed by atoms with van der Waals surface area (Å²) in [5, 5.41) is 0. The van der Waals surface area contributed by atoms with E-state index in [9.17, 15) is 9.59 Å². The van der Waals surface area contributed by atoms with Crippen LogP contribution in [-0.2, 0) is 14.3 Å². The number of esters is 1. The zero-order valence-corrected chi connectivity index (χ0v) is 12.5. The molecule has 0 N–H and O–H groups in total. The Bertz CT molecular complexity index is 821. The summed E-state index contributed by atoms with van der Waals surface area (Å²) in [6.07, 6.45) is 16.5. The maximum absolute atomic E-state index is 12.8. The van der Waals surface area contributed by atoms with E-state index in [1.165, 1.54) is 12.0 Å². The summed E-state index contributed by atoms with van der Waals surface area (Å²) >= 11 is 0. The fourth-order valence-corrected chi connectivity index (χ4v) is 3.15. The van der Waals surface area contributed by atoms with E-state index in [1.54, 1.807) is 6.20 Å². The summed E-state index contributed by atoms with van der Waals surface area (Å²) in [5.74, 6) is -0.608. The molecule has 2 aliphatic carbocycles. The second kappa shape index (κ2) is 5.05. The lowest BCUT2D eigenvalue weighted by Gasteiger charge is -2.36. The van der Waals surface area contributed by atoms with Crippen molar-refractivity contribution in [2.24, 2.45) is 16.8 Å². The molecular formula is C18H14N2O3. The van der Waals surface area contributed by atoms with Crippen LogP contribution in [0.2, 0.25) is 0 Å². The van der Waals surface area contributed by atoms with E-state index in [0.29, 0.717) is 11.4 Å². The third-order valence-electron chi connectivity index (χ3n) is 4.28. The molecule has 5 heteroatoms. The molecule has 0 aromatic rings. The Balaban J connectivity index is 1.90. The number of methoxy groups -OCH3 is 1. The number of aliphatic imine (C=N–C) groups is 1. The van der Waals surface area contributed by atoms with Gasteiger partial charge < -0.3 is 4.74 Å². The molecule has 0 bridgehead atoms. The topological polar surface area (TPSA) is 59.0 Å². The minimum atomic E-state index is -0.437. The molecule has 114 valence electrons. The highest BCUT2D eigenvalue weighted by molar-refractivity contribution is 6.15. The molecule has 23 heavy (non-hydrogen) atoms. The summed E-state index contributed by atoms with van der Waals surface area (Å²) in [4.78, 5) is 31.1. The van der Waals surface area contributed by atoms with Crippen molar-refractivity contribution in [2.45, 2.75) is 0 Å². The molecule has 0 aromatic carbocycles. The quantitative estimate of drug-likeness (QED) is 0.697. The first-order valence-corrected chi connectivity index (χ1v) is 7.36. The fraction of sp³-hybridized carbons (Fsp3) is 0.167. The Morgan fingerprint density at radius 2 is 1.87 bits per heavy atom. The third-order valence-corrected chi connectivity index (χ3v) is 4.28. The lowest BCUT2D eigenvalue weighted by atomic mass is 9.84. The number of carbonyl (C=O) groups excluding carboxylic acids is 2. The van der Waals surface area contributed by atoms with Crippen LogP contribution in [-0.4, -0.2) is 29.6 Å². The highest BCUT2D eigenvalue weighted by Gasteiger charge is 2.40. The summed E-state index contributed by atoms with van der Waals surface area (Å²) in [6.45, 7) is 0. The zero-order chi connectivity index (χ0) is 16.0.